The number of ether oxygens (including phenoxy) is 1. The van der Waals surface area contributed by atoms with E-state index in [1.54, 1.807) is 22.9 Å². The monoisotopic (exact) mass is 387 g/mol. The average molecular weight is 388 g/mol. The van der Waals surface area contributed by atoms with Crippen LogP contribution in [0, 0.1) is 0 Å². The van der Waals surface area contributed by atoms with Gasteiger partial charge in [0.25, 0.3) is 0 Å². The van der Waals surface area contributed by atoms with Gasteiger partial charge in [-0.1, -0.05) is 36.4 Å². The van der Waals surface area contributed by atoms with Crippen molar-refractivity contribution in [3.63, 3.8) is 0 Å². The van der Waals surface area contributed by atoms with E-state index in [0.717, 1.165) is 5.56 Å². The van der Waals surface area contributed by atoms with Crippen molar-refractivity contribution in [2.24, 2.45) is 0 Å². The molecule has 0 aliphatic carbocycles. The minimum absolute atomic E-state index is 0.0315. The average Bonchev–Trinajstić information content (AvgIpc) is 2.61. The van der Waals surface area contributed by atoms with Gasteiger partial charge >= 0.3 is 6.09 Å². The second-order valence-electron chi connectivity index (χ2n) is 8.34. The first-order chi connectivity index (χ1) is 13.1. The van der Waals surface area contributed by atoms with Crippen LogP contribution in [0.1, 0.15) is 39.3 Å². The van der Waals surface area contributed by atoms with Crippen LogP contribution in [-0.2, 0) is 9.53 Å². The number of hydrogen-bond donors (Lipinski definition) is 0. The summed E-state index contributed by atoms with van der Waals surface area (Å²) in [5.41, 5.74) is 0.436. The molecule has 0 spiro atoms. The molecule has 0 N–H and O–H groups in total. The number of benzene rings is 1. The maximum atomic E-state index is 13.2. The van der Waals surface area contributed by atoms with Crippen LogP contribution in [-0.4, -0.2) is 71.6 Å². The second-order valence-corrected chi connectivity index (χ2v) is 8.34. The van der Waals surface area contributed by atoms with Crippen LogP contribution in [0.2, 0.25) is 0 Å². The number of nitrogens with zero attached hydrogens (tertiary/aromatic N) is 3. The van der Waals surface area contributed by atoms with Crippen molar-refractivity contribution in [2.75, 3.05) is 33.2 Å². The highest BCUT2D eigenvalue weighted by molar-refractivity contribution is 5.83. The Morgan fingerprint density at radius 1 is 1.29 bits per heavy atom. The molecule has 1 unspecified atom stereocenters. The van der Waals surface area contributed by atoms with Crippen LogP contribution < -0.4 is 0 Å². The quantitative estimate of drug-likeness (QED) is 0.728. The Bertz CT molecular complexity index is 684. The fourth-order valence-electron chi connectivity index (χ4n) is 3.45. The van der Waals surface area contributed by atoms with Gasteiger partial charge in [-0.25, -0.2) is 4.79 Å². The van der Waals surface area contributed by atoms with E-state index in [-0.39, 0.29) is 24.1 Å². The second kappa shape index (κ2) is 9.24. The molecule has 6 nitrogen and oxygen atoms in total. The number of amides is 2. The topological polar surface area (TPSA) is 53.1 Å². The smallest absolute Gasteiger partial charge is 0.410 e. The molecule has 0 bridgehead atoms. The van der Waals surface area contributed by atoms with E-state index in [9.17, 15) is 9.59 Å². The van der Waals surface area contributed by atoms with Crippen LogP contribution in [0.3, 0.4) is 0 Å². The normalized spacial score (nSPS) is 19.0. The Morgan fingerprint density at radius 3 is 2.46 bits per heavy atom. The predicted molar refractivity (Wildman–Crippen MR) is 111 cm³/mol. The Hall–Kier alpha value is -2.34. The molecule has 0 aromatic heterocycles. The molecule has 1 saturated heterocycles. The van der Waals surface area contributed by atoms with Crippen molar-refractivity contribution in [3.05, 3.63) is 48.6 Å². The molecule has 154 valence electrons. The first-order valence-electron chi connectivity index (χ1n) is 9.78. The lowest BCUT2D eigenvalue weighted by molar-refractivity contribution is -0.136. The van der Waals surface area contributed by atoms with E-state index < -0.39 is 5.60 Å². The van der Waals surface area contributed by atoms with Gasteiger partial charge in [0.15, 0.2) is 0 Å². The number of rotatable bonds is 5. The van der Waals surface area contributed by atoms with E-state index in [1.165, 1.54) is 0 Å². The van der Waals surface area contributed by atoms with Crippen LogP contribution in [0.4, 0.5) is 4.79 Å². The van der Waals surface area contributed by atoms with E-state index in [1.807, 2.05) is 58.0 Å². The molecule has 2 rings (SSSR count). The first kappa shape index (κ1) is 22.0. The molecule has 1 heterocycles. The van der Waals surface area contributed by atoms with Crippen LogP contribution in [0.15, 0.2) is 43.0 Å². The molecule has 1 aliphatic heterocycles. The Kier molecular flexibility index (Phi) is 7.24. The number of hydrogen-bond acceptors (Lipinski definition) is 4. The first-order valence-corrected chi connectivity index (χ1v) is 9.78. The van der Waals surface area contributed by atoms with Crippen molar-refractivity contribution in [3.8, 4) is 0 Å². The minimum Gasteiger partial charge on any atom is -0.444 e. The number of piperazine rings is 1. The fourth-order valence-corrected chi connectivity index (χ4v) is 3.45. The molecular weight excluding hydrogens is 354 g/mol. The molecule has 0 radical (unpaired) electrons. The van der Waals surface area contributed by atoms with Gasteiger partial charge in [0.2, 0.25) is 5.91 Å². The molecule has 1 fully saturated rings. The molecule has 28 heavy (non-hydrogen) atoms. The lowest BCUT2D eigenvalue weighted by Gasteiger charge is -2.43. The van der Waals surface area contributed by atoms with Crippen LogP contribution >= 0.6 is 0 Å². The van der Waals surface area contributed by atoms with Gasteiger partial charge in [0.05, 0.1) is 0 Å². The highest BCUT2D eigenvalue weighted by atomic mass is 16.6. The van der Waals surface area contributed by atoms with Crippen LogP contribution in [0.25, 0.3) is 0 Å². The van der Waals surface area contributed by atoms with Gasteiger partial charge in [0, 0.05) is 39.3 Å². The molecule has 2 atom stereocenters. The zero-order valence-electron chi connectivity index (χ0n) is 17.7. The Labute approximate surface area is 168 Å². The van der Waals surface area contributed by atoms with E-state index in [0.29, 0.717) is 26.2 Å². The summed E-state index contributed by atoms with van der Waals surface area (Å²) in [4.78, 5) is 31.3. The zero-order valence-corrected chi connectivity index (χ0v) is 17.7. The molecule has 1 aliphatic rings. The van der Waals surface area contributed by atoms with Crippen molar-refractivity contribution in [1.82, 2.24) is 14.7 Å². The highest BCUT2D eigenvalue weighted by Crippen LogP contribution is 2.26. The molecule has 2 amide bonds. The van der Waals surface area contributed by atoms with E-state index in [2.05, 4.69) is 11.5 Å². The number of likely N-dealkylation sites (N-methyl/N-ethyl adjacent to an activating group) is 1. The SMILES string of the molecule is C=CCN(C)C(=O)[C@H](c1ccccc1)N1CCN(C(=O)OC(C)(C)C)C(C)C1. The molecule has 0 saturated carbocycles. The third-order valence-corrected chi connectivity index (χ3v) is 4.78. The summed E-state index contributed by atoms with van der Waals surface area (Å²) in [5, 5.41) is 0. The largest absolute Gasteiger partial charge is 0.444 e. The number of carbonyl (C=O) groups excluding carboxylic acids is 2. The maximum Gasteiger partial charge on any atom is 0.410 e. The summed E-state index contributed by atoms with van der Waals surface area (Å²) in [6.07, 6.45) is 1.43. The third-order valence-electron chi connectivity index (χ3n) is 4.78. The summed E-state index contributed by atoms with van der Waals surface area (Å²) in [5.74, 6) is 0.0315. The predicted octanol–water partition coefficient (Wildman–Crippen LogP) is 3.31. The van der Waals surface area contributed by atoms with Gasteiger partial charge in [0.1, 0.15) is 11.6 Å². The molecular formula is C22H33N3O3. The lowest BCUT2D eigenvalue weighted by atomic mass is 10.0. The number of carbonyl (C=O) groups is 2. The zero-order chi connectivity index (χ0) is 20.9. The van der Waals surface area contributed by atoms with Crippen LogP contribution in [0.5, 0.6) is 0 Å². The highest BCUT2D eigenvalue weighted by Gasteiger charge is 2.37. The van der Waals surface area contributed by atoms with Crippen molar-refractivity contribution >= 4 is 12.0 Å². The van der Waals surface area contributed by atoms with Gasteiger partial charge in [-0.15, -0.1) is 6.58 Å². The molecule has 1 aromatic carbocycles. The minimum atomic E-state index is -0.524. The summed E-state index contributed by atoms with van der Waals surface area (Å²) in [6, 6.07) is 9.38. The molecule has 6 heteroatoms. The standard InChI is InChI=1S/C22H33N3O3/c1-7-13-23(6)20(26)19(18-11-9-8-10-12-18)24-14-15-25(17(2)16-24)21(27)28-22(3,4)5/h7-12,17,19H,1,13-16H2,2-6H3/t17?,19-/m0/s1. The van der Waals surface area contributed by atoms with E-state index in [4.69, 9.17) is 4.74 Å². The summed E-state index contributed by atoms with van der Waals surface area (Å²) in [6.45, 7) is 13.6. The Morgan fingerprint density at radius 2 is 1.93 bits per heavy atom. The summed E-state index contributed by atoms with van der Waals surface area (Å²) in [7, 11) is 1.79. The lowest BCUT2D eigenvalue weighted by Crippen LogP contribution is -2.57. The van der Waals surface area contributed by atoms with Gasteiger partial charge in [-0.05, 0) is 33.3 Å². The van der Waals surface area contributed by atoms with Gasteiger partial charge in [-0.3, -0.25) is 9.69 Å². The third kappa shape index (κ3) is 5.58. The summed E-state index contributed by atoms with van der Waals surface area (Å²) < 4.78 is 5.53. The van der Waals surface area contributed by atoms with Crippen molar-refractivity contribution in [2.45, 2.75) is 45.4 Å². The molecule has 1 aromatic rings. The van der Waals surface area contributed by atoms with Crippen molar-refractivity contribution in [1.29, 1.82) is 0 Å². The maximum absolute atomic E-state index is 13.2. The fraction of sp³-hybridized carbons (Fsp3) is 0.545. The van der Waals surface area contributed by atoms with Crippen molar-refractivity contribution < 1.29 is 14.3 Å². The van der Waals surface area contributed by atoms with Gasteiger partial charge in [-0.2, -0.15) is 0 Å². The van der Waals surface area contributed by atoms with E-state index >= 15 is 0 Å². The van der Waals surface area contributed by atoms with Gasteiger partial charge < -0.3 is 14.5 Å². The summed E-state index contributed by atoms with van der Waals surface area (Å²) >= 11 is 0. The Balaban J connectivity index is 2.19.